The number of fused-ring (bicyclic) bond motifs is 6. The van der Waals surface area contributed by atoms with Gasteiger partial charge in [-0.2, -0.15) is 4.31 Å². The normalized spacial score (nSPS) is 34.5. The van der Waals surface area contributed by atoms with E-state index in [4.69, 9.17) is 11.6 Å². The Morgan fingerprint density at radius 3 is 2.95 bits per heavy atom. The average molecular weight is 324 g/mol. The Balaban J connectivity index is 1.63. The third-order valence-electron chi connectivity index (χ3n) is 5.37. The molecule has 3 fully saturated rings. The van der Waals surface area contributed by atoms with Crippen molar-refractivity contribution in [3.05, 3.63) is 23.5 Å². The van der Waals surface area contributed by atoms with Gasteiger partial charge in [0.2, 0.25) is 10.0 Å². The monoisotopic (exact) mass is 323 g/mol. The van der Waals surface area contributed by atoms with Crippen molar-refractivity contribution >= 4 is 32.7 Å². The molecule has 0 aromatic carbocycles. The molecule has 1 saturated heterocycles. The van der Waals surface area contributed by atoms with E-state index in [9.17, 15) is 8.42 Å². The first-order chi connectivity index (χ1) is 10.1. The van der Waals surface area contributed by atoms with Crippen LogP contribution in [-0.4, -0.2) is 35.3 Å². The van der Waals surface area contributed by atoms with E-state index >= 15 is 0 Å². The zero-order chi connectivity index (χ0) is 14.4. The Morgan fingerprint density at radius 2 is 2.19 bits per heavy atom. The van der Waals surface area contributed by atoms with Gasteiger partial charge in [0.1, 0.15) is 10.5 Å². The van der Waals surface area contributed by atoms with Gasteiger partial charge < -0.3 is 4.98 Å². The maximum Gasteiger partial charge on any atom is 0.245 e. The number of H-pyrrole nitrogens is 1. The predicted molar refractivity (Wildman–Crippen MR) is 78.5 cm³/mol. The Bertz CT molecular complexity index is 862. The lowest BCUT2D eigenvalue weighted by molar-refractivity contribution is 0.320. The predicted octanol–water partition coefficient (Wildman–Crippen LogP) is 2.25. The van der Waals surface area contributed by atoms with Gasteiger partial charge in [-0.05, 0) is 36.7 Å². The molecule has 4 atom stereocenters. The molecule has 0 radical (unpaired) electrons. The molecule has 0 spiro atoms. The molecule has 2 aromatic heterocycles. The third-order valence-corrected chi connectivity index (χ3v) is 7.50. The second kappa shape index (κ2) is 3.80. The van der Waals surface area contributed by atoms with Crippen LogP contribution < -0.4 is 0 Å². The Kier molecular flexibility index (Phi) is 2.25. The molecular formula is C14H14ClN3O2S. The molecule has 0 amide bonds. The van der Waals surface area contributed by atoms with Gasteiger partial charge in [0.05, 0.1) is 5.02 Å². The molecule has 2 aromatic rings. The first-order valence-corrected chi connectivity index (χ1v) is 9.02. The van der Waals surface area contributed by atoms with Gasteiger partial charge in [-0.3, -0.25) is 0 Å². The molecule has 5 rings (SSSR count). The van der Waals surface area contributed by atoms with Crippen molar-refractivity contribution in [2.75, 3.05) is 6.54 Å². The molecule has 2 bridgehead atoms. The van der Waals surface area contributed by atoms with E-state index in [-0.39, 0.29) is 6.04 Å². The van der Waals surface area contributed by atoms with Crippen LogP contribution in [0.2, 0.25) is 5.02 Å². The van der Waals surface area contributed by atoms with Crippen molar-refractivity contribution in [1.29, 1.82) is 0 Å². The van der Waals surface area contributed by atoms with E-state index in [0.717, 1.165) is 12.3 Å². The maximum atomic E-state index is 13.0. The number of aromatic nitrogens is 2. The highest BCUT2D eigenvalue weighted by Crippen LogP contribution is 2.62. The quantitative estimate of drug-likeness (QED) is 0.921. The highest BCUT2D eigenvalue weighted by molar-refractivity contribution is 7.89. The van der Waals surface area contributed by atoms with Crippen LogP contribution in [0.4, 0.5) is 0 Å². The fourth-order valence-corrected chi connectivity index (χ4v) is 6.40. The summed E-state index contributed by atoms with van der Waals surface area (Å²) in [5, 5.41) is 1.03. The van der Waals surface area contributed by atoms with Crippen LogP contribution in [-0.2, 0) is 10.0 Å². The van der Waals surface area contributed by atoms with Crippen molar-refractivity contribution in [3.8, 4) is 0 Å². The van der Waals surface area contributed by atoms with Gasteiger partial charge in [-0.25, -0.2) is 13.4 Å². The van der Waals surface area contributed by atoms with Crippen molar-refractivity contribution in [1.82, 2.24) is 14.3 Å². The minimum atomic E-state index is -3.47. The summed E-state index contributed by atoms with van der Waals surface area (Å²) < 4.78 is 27.7. The van der Waals surface area contributed by atoms with Crippen LogP contribution in [0.25, 0.3) is 11.0 Å². The van der Waals surface area contributed by atoms with Crippen LogP contribution in [0.1, 0.15) is 12.8 Å². The number of nitrogens with one attached hydrogen (secondary N) is 1. The molecule has 7 heteroatoms. The molecule has 0 unspecified atom stereocenters. The molecule has 1 N–H and O–H groups in total. The minimum absolute atomic E-state index is 0.210. The van der Waals surface area contributed by atoms with Gasteiger partial charge in [-0.15, -0.1) is 0 Å². The fourth-order valence-electron chi connectivity index (χ4n) is 4.36. The van der Waals surface area contributed by atoms with Crippen LogP contribution in [0.3, 0.4) is 0 Å². The summed E-state index contributed by atoms with van der Waals surface area (Å²) in [5.74, 6) is 1.97. The first kappa shape index (κ1) is 12.4. The summed E-state index contributed by atoms with van der Waals surface area (Å²) in [5.41, 5.74) is 0.562. The van der Waals surface area contributed by atoms with Gasteiger partial charge in [0.25, 0.3) is 0 Å². The highest BCUT2D eigenvalue weighted by Gasteiger charge is 2.63. The highest BCUT2D eigenvalue weighted by atomic mass is 35.5. The largest absolute Gasteiger partial charge is 0.345 e. The number of piperidine rings is 1. The summed E-state index contributed by atoms with van der Waals surface area (Å²) in [6, 6.07) is 1.88. The van der Waals surface area contributed by atoms with Gasteiger partial charge in [0.15, 0.2) is 0 Å². The summed E-state index contributed by atoms with van der Waals surface area (Å²) in [6.07, 6.45) is 5.31. The second-order valence-corrected chi connectivity index (χ2v) is 8.70. The molecule has 3 heterocycles. The molecular weight excluding hydrogens is 310 g/mol. The maximum absolute atomic E-state index is 13.0. The van der Waals surface area contributed by atoms with E-state index in [2.05, 4.69) is 9.97 Å². The molecule has 2 aliphatic carbocycles. The smallest absolute Gasteiger partial charge is 0.245 e. The SMILES string of the molecule is O=S(=O)(c1c[nH]c2ncc(Cl)cc12)N1C[C@@H]2C[C@H]1[C@H]1C[C@@H]21. The van der Waals surface area contributed by atoms with Crippen molar-refractivity contribution < 1.29 is 8.42 Å². The second-order valence-electron chi connectivity index (χ2n) is 6.40. The molecule has 3 aliphatic rings. The number of halogens is 1. The lowest BCUT2D eigenvalue weighted by Gasteiger charge is -2.25. The third kappa shape index (κ3) is 1.55. The van der Waals surface area contributed by atoms with Crippen LogP contribution in [0.5, 0.6) is 0 Å². The van der Waals surface area contributed by atoms with Crippen molar-refractivity contribution in [3.63, 3.8) is 0 Å². The number of pyridine rings is 1. The van der Waals surface area contributed by atoms with Crippen LogP contribution in [0, 0.1) is 17.8 Å². The number of rotatable bonds is 2. The standard InChI is InChI=1S/C14H14ClN3O2S/c15-8-2-11-13(5-17-14(11)16-4-8)21(19,20)18-6-7-1-12(18)10-3-9(7)10/h2,4-5,7,9-10,12H,1,3,6H2,(H,16,17)/t7-,9-,10-,12-/m0/s1. The van der Waals surface area contributed by atoms with Gasteiger partial charge in [-0.1, -0.05) is 11.6 Å². The number of hydrogen-bond donors (Lipinski definition) is 1. The summed E-state index contributed by atoms with van der Waals surface area (Å²) in [6.45, 7) is 0.675. The number of hydrogen-bond acceptors (Lipinski definition) is 3. The van der Waals surface area contributed by atoms with Gasteiger partial charge >= 0.3 is 0 Å². The zero-order valence-corrected chi connectivity index (χ0v) is 12.7. The summed E-state index contributed by atoms with van der Waals surface area (Å²) in [4.78, 5) is 7.38. The number of aromatic amines is 1. The van der Waals surface area contributed by atoms with Gasteiger partial charge in [0, 0.05) is 30.4 Å². The van der Waals surface area contributed by atoms with E-state index < -0.39 is 10.0 Å². The summed E-state index contributed by atoms with van der Waals surface area (Å²) in [7, 11) is -3.47. The Morgan fingerprint density at radius 1 is 1.33 bits per heavy atom. The van der Waals surface area contributed by atoms with Crippen LogP contribution in [0.15, 0.2) is 23.4 Å². The topological polar surface area (TPSA) is 66.1 Å². The van der Waals surface area contributed by atoms with Crippen molar-refractivity contribution in [2.24, 2.45) is 17.8 Å². The minimum Gasteiger partial charge on any atom is -0.345 e. The summed E-state index contributed by atoms with van der Waals surface area (Å²) >= 11 is 5.97. The zero-order valence-electron chi connectivity index (χ0n) is 11.2. The Hall–Kier alpha value is -1.11. The lowest BCUT2D eigenvalue weighted by atomic mass is 10.1. The molecule has 2 saturated carbocycles. The van der Waals surface area contributed by atoms with E-state index in [0.29, 0.717) is 39.3 Å². The van der Waals surface area contributed by atoms with E-state index in [1.807, 2.05) is 0 Å². The molecule has 21 heavy (non-hydrogen) atoms. The fraction of sp³-hybridized carbons (Fsp3) is 0.500. The average Bonchev–Trinajstić information content (AvgIpc) is 2.84. The lowest BCUT2D eigenvalue weighted by Crippen LogP contribution is -2.39. The number of nitrogens with zero attached hydrogens (tertiary/aromatic N) is 2. The van der Waals surface area contributed by atoms with E-state index in [1.165, 1.54) is 12.6 Å². The first-order valence-electron chi connectivity index (χ1n) is 7.20. The van der Waals surface area contributed by atoms with Crippen LogP contribution >= 0.6 is 11.6 Å². The Labute approximate surface area is 127 Å². The molecule has 1 aliphatic heterocycles. The molecule has 5 nitrogen and oxygen atoms in total. The van der Waals surface area contributed by atoms with Crippen molar-refractivity contribution in [2.45, 2.75) is 23.8 Å². The number of sulfonamides is 1. The van der Waals surface area contributed by atoms with E-state index in [1.54, 1.807) is 16.6 Å². The molecule has 110 valence electrons.